The van der Waals surface area contributed by atoms with E-state index in [0.717, 1.165) is 0 Å². The van der Waals surface area contributed by atoms with Gasteiger partial charge in [0.2, 0.25) is 5.91 Å². The number of nitrogens with one attached hydrogen (secondary N) is 2. The highest BCUT2D eigenvalue weighted by Gasteiger charge is 2.23. The monoisotopic (exact) mass is 216 g/mol. The Balaban J connectivity index is 4.18. The highest BCUT2D eigenvalue weighted by atomic mass is 16.4. The summed E-state index contributed by atoms with van der Waals surface area (Å²) in [6.07, 6.45) is 0.363. The molecule has 0 saturated carbocycles. The Morgan fingerprint density at radius 3 is 2.20 bits per heavy atom. The summed E-state index contributed by atoms with van der Waals surface area (Å²) in [5.74, 6) is -1.10. The average Bonchev–Trinajstić information content (AvgIpc) is 2.09. The van der Waals surface area contributed by atoms with Crippen LogP contribution in [0.2, 0.25) is 0 Å². The molecule has 0 aromatic carbocycles. The number of hydrogen-bond donors (Lipinski definition) is 3. The minimum atomic E-state index is -0.957. The van der Waals surface area contributed by atoms with E-state index in [4.69, 9.17) is 5.11 Å². The second-order valence-corrected chi connectivity index (χ2v) is 4.44. The predicted octanol–water partition coefficient (Wildman–Crippen LogP) is 0.354. The van der Waals surface area contributed by atoms with Crippen LogP contribution in [0.1, 0.15) is 34.1 Å². The Bertz CT molecular complexity index is 233. The molecule has 0 aromatic rings. The van der Waals surface area contributed by atoms with E-state index >= 15 is 0 Å². The first-order valence-electron chi connectivity index (χ1n) is 5.03. The van der Waals surface area contributed by atoms with Gasteiger partial charge in [-0.3, -0.25) is 14.9 Å². The lowest BCUT2D eigenvalue weighted by Crippen LogP contribution is -2.53. The molecule has 5 nitrogen and oxygen atoms in total. The second-order valence-electron chi connectivity index (χ2n) is 4.44. The van der Waals surface area contributed by atoms with Crippen LogP contribution in [0.5, 0.6) is 0 Å². The van der Waals surface area contributed by atoms with Crippen LogP contribution >= 0.6 is 0 Å². The molecule has 0 aliphatic rings. The maximum atomic E-state index is 11.0. The van der Waals surface area contributed by atoms with E-state index in [2.05, 4.69) is 10.6 Å². The lowest BCUT2D eigenvalue weighted by Gasteiger charge is -2.26. The predicted molar refractivity (Wildman–Crippen MR) is 57.6 cm³/mol. The summed E-state index contributed by atoms with van der Waals surface area (Å²) in [5, 5.41) is 14.4. The Hall–Kier alpha value is -1.10. The van der Waals surface area contributed by atoms with Crippen molar-refractivity contribution in [3.8, 4) is 0 Å². The van der Waals surface area contributed by atoms with Gasteiger partial charge in [-0.05, 0) is 20.8 Å². The topological polar surface area (TPSA) is 78.4 Å². The minimum absolute atomic E-state index is 0.110. The van der Waals surface area contributed by atoms with Gasteiger partial charge in [0.1, 0.15) is 6.04 Å². The summed E-state index contributed by atoms with van der Waals surface area (Å²) in [6.45, 7) is 7.47. The summed E-state index contributed by atoms with van der Waals surface area (Å²) in [7, 11) is 0. The second kappa shape index (κ2) is 5.70. The SMILES string of the molecule is CCC(=O)NC[C@@H](NC(C)(C)C)C(=O)O. The fourth-order valence-corrected chi connectivity index (χ4v) is 1.06. The van der Waals surface area contributed by atoms with Gasteiger partial charge in [0, 0.05) is 18.5 Å². The van der Waals surface area contributed by atoms with Gasteiger partial charge < -0.3 is 10.4 Å². The number of carbonyl (C=O) groups is 2. The van der Waals surface area contributed by atoms with Crippen LogP contribution in [-0.2, 0) is 9.59 Å². The van der Waals surface area contributed by atoms with Crippen LogP contribution in [0.3, 0.4) is 0 Å². The Labute approximate surface area is 90.2 Å². The molecule has 1 atom stereocenters. The summed E-state index contributed by atoms with van der Waals surface area (Å²) < 4.78 is 0. The molecule has 3 N–H and O–H groups in total. The molecule has 1 amide bonds. The molecule has 0 fully saturated rings. The van der Waals surface area contributed by atoms with Crippen molar-refractivity contribution < 1.29 is 14.7 Å². The lowest BCUT2D eigenvalue weighted by atomic mass is 10.1. The van der Waals surface area contributed by atoms with Gasteiger partial charge in [0.05, 0.1) is 0 Å². The van der Waals surface area contributed by atoms with Crippen LogP contribution in [0.4, 0.5) is 0 Å². The molecule has 15 heavy (non-hydrogen) atoms. The molecule has 0 aromatic heterocycles. The molecule has 0 radical (unpaired) electrons. The van der Waals surface area contributed by atoms with Crippen molar-refractivity contribution in [1.82, 2.24) is 10.6 Å². The largest absolute Gasteiger partial charge is 0.480 e. The summed E-state index contributed by atoms with van der Waals surface area (Å²) in [4.78, 5) is 21.8. The first kappa shape index (κ1) is 13.9. The van der Waals surface area contributed by atoms with Gasteiger partial charge in [0.15, 0.2) is 0 Å². The van der Waals surface area contributed by atoms with Gasteiger partial charge in [-0.25, -0.2) is 0 Å². The van der Waals surface area contributed by atoms with Gasteiger partial charge in [0.25, 0.3) is 0 Å². The lowest BCUT2D eigenvalue weighted by molar-refractivity contribution is -0.140. The van der Waals surface area contributed by atoms with Gasteiger partial charge in [-0.2, -0.15) is 0 Å². The maximum Gasteiger partial charge on any atom is 0.322 e. The number of rotatable bonds is 5. The molecule has 0 spiro atoms. The molecule has 0 rings (SSSR count). The quantitative estimate of drug-likeness (QED) is 0.620. The maximum absolute atomic E-state index is 11.0. The fraction of sp³-hybridized carbons (Fsp3) is 0.800. The molecule has 0 heterocycles. The van der Waals surface area contributed by atoms with Crippen molar-refractivity contribution in [1.29, 1.82) is 0 Å². The van der Waals surface area contributed by atoms with Crippen LogP contribution in [0, 0.1) is 0 Å². The fourth-order valence-electron chi connectivity index (χ4n) is 1.06. The summed E-state index contributed by atoms with van der Waals surface area (Å²) in [6, 6.07) is -0.750. The van der Waals surface area contributed by atoms with Crippen molar-refractivity contribution in [2.24, 2.45) is 0 Å². The van der Waals surface area contributed by atoms with Crippen molar-refractivity contribution >= 4 is 11.9 Å². The molecular formula is C10H20N2O3. The van der Waals surface area contributed by atoms with E-state index in [1.54, 1.807) is 6.92 Å². The average molecular weight is 216 g/mol. The van der Waals surface area contributed by atoms with Gasteiger partial charge in [-0.1, -0.05) is 6.92 Å². The van der Waals surface area contributed by atoms with Crippen LogP contribution in [-0.4, -0.2) is 35.1 Å². The molecular weight excluding hydrogens is 196 g/mol. The standard InChI is InChI=1S/C10H20N2O3/c1-5-8(13)11-6-7(9(14)15)12-10(2,3)4/h7,12H,5-6H2,1-4H3,(H,11,13)(H,14,15)/t7-/m1/s1. The summed E-state index contributed by atoms with van der Waals surface area (Å²) in [5.41, 5.74) is -0.292. The molecule has 5 heteroatoms. The Morgan fingerprint density at radius 1 is 1.33 bits per heavy atom. The van der Waals surface area contributed by atoms with E-state index in [1.165, 1.54) is 0 Å². The first-order valence-corrected chi connectivity index (χ1v) is 5.03. The first-order chi connectivity index (χ1) is 6.76. The van der Waals surface area contributed by atoms with E-state index in [0.29, 0.717) is 6.42 Å². The number of carboxylic acids is 1. The third kappa shape index (κ3) is 6.90. The van der Waals surface area contributed by atoms with Crippen LogP contribution in [0.25, 0.3) is 0 Å². The zero-order valence-electron chi connectivity index (χ0n) is 9.76. The molecule has 0 aliphatic heterocycles. The molecule has 0 saturated heterocycles. The molecule has 0 bridgehead atoms. The van der Waals surface area contributed by atoms with E-state index < -0.39 is 12.0 Å². The van der Waals surface area contributed by atoms with E-state index in [9.17, 15) is 9.59 Å². The van der Waals surface area contributed by atoms with Crippen molar-refractivity contribution in [3.63, 3.8) is 0 Å². The molecule has 0 unspecified atom stereocenters. The normalized spacial score (nSPS) is 13.3. The zero-order chi connectivity index (χ0) is 12.1. The zero-order valence-corrected chi connectivity index (χ0v) is 9.76. The highest BCUT2D eigenvalue weighted by molar-refractivity contribution is 5.78. The molecule has 88 valence electrons. The smallest absolute Gasteiger partial charge is 0.322 e. The number of aliphatic carboxylic acids is 1. The summed E-state index contributed by atoms with van der Waals surface area (Å²) >= 11 is 0. The van der Waals surface area contributed by atoms with Crippen molar-refractivity contribution in [3.05, 3.63) is 0 Å². The van der Waals surface area contributed by atoms with E-state index in [1.807, 2.05) is 20.8 Å². The van der Waals surface area contributed by atoms with Crippen LogP contribution < -0.4 is 10.6 Å². The number of carboxylic acid groups (broad SMARTS) is 1. The number of amides is 1. The Kier molecular flexibility index (Phi) is 5.28. The van der Waals surface area contributed by atoms with Gasteiger partial charge >= 0.3 is 5.97 Å². The van der Waals surface area contributed by atoms with E-state index in [-0.39, 0.29) is 18.0 Å². The third-order valence-electron chi connectivity index (χ3n) is 1.73. The minimum Gasteiger partial charge on any atom is -0.480 e. The Morgan fingerprint density at radius 2 is 1.87 bits per heavy atom. The van der Waals surface area contributed by atoms with Crippen molar-refractivity contribution in [2.45, 2.75) is 45.7 Å². The molecule has 0 aliphatic carbocycles. The highest BCUT2D eigenvalue weighted by Crippen LogP contribution is 2.01. The number of hydrogen-bond acceptors (Lipinski definition) is 3. The third-order valence-corrected chi connectivity index (χ3v) is 1.73. The van der Waals surface area contributed by atoms with Crippen molar-refractivity contribution in [2.75, 3.05) is 6.54 Å². The van der Waals surface area contributed by atoms with Gasteiger partial charge in [-0.15, -0.1) is 0 Å². The van der Waals surface area contributed by atoms with Crippen LogP contribution in [0.15, 0.2) is 0 Å². The number of carbonyl (C=O) groups excluding carboxylic acids is 1.